The zero-order valence-corrected chi connectivity index (χ0v) is 8.36. The Hall–Kier alpha value is -0.130. The molecule has 1 aliphatic heterocycles. The maximum absolute atomic E-state index is 11.2. The minimum Gasteiger partial charge on any atom is -0.353 e. The second-order valence-electron chi connectivity index (χ2n) is 3.84. The highest BCUT2D eigenvalue weighted by atomic mass is 32.2. The predicted octanol–water partition coefficient (Wildman–Crippen LogP) is -2.63. The molecule has 0 aromatic carbocycles. The lowest BCUT2D eigenvalue weighted by Crippen LogP contribution is -2.98. The van der Waals surface area contributed by atoms with E-state index >= 15 is 0 Å². The minimum absolute atomic E-state index is 0.0729. The van der Waals surface area contributed by atoms with Gasteiger partial charge in [0, 0.05) is 6.42 Å². The van der Waals surface area contributed by atoms with E-state index in [4.69, 9.17) is 0 Å². The fraction of sp³-hybridized carbons (Fsp3) is 1.00. The molecule has 12 heavy (non-hydrogen) atoms. The van der Waals surface area contributed by atoms with Gasteiger partial charge in [-0.25, -0.2) is 8.42 Å². The molecule has 5 heteroatoms. The first-order valence-electron chi connectivity index (χ1n) is 4.31. The molecule has 1 rings (SSSR count). The number of hydrogen-bond donors (Lipinski definition) is 2. The highest BCUT2D eigenvalue weighted by molar-refractivity contribution is 7.91. The van der Waals surface area contributed by atoms with Crippen LogP contribution in [0.1, 0.15) is 13.3 Å². The quantitative estimate of drug-likeness (QED) is 0.515. The normalized spacial score (nSPS) is 33.8. The second-order valence-corrected chi connectivity index (χ2v) is 6.03. The summed E-state index contributed by atoms with van der Waals surface area (Å²) >= 11 is 0. The summed E-state index contributed by atoms with van der Waals surface area (Å²) in [5.74, 6) is 0.692. The van der Waals surface area contributed by atoms with E-state index in [1.54, 1.807) is 0 Å². The monoisotopic (exact) mass is 194 g/mol. The number of rotatable bonds is 3. The van der Waals surface area contributed by atoms with Crippen molar-refractivity contribution in [2.24, 2.45) is 0 Å². The Morgan fingerprint density at radius 2 is 2.25 bits per heavy atom. The van der Waals surface area contributed by atoms with Gasteiger partial charge in [-0.15, -0.1) is 0 Å². The third kappa shape index (κ3) is 2.43. The molecule has 1 fully saturated rings. The maximum Gasteiger partial charge on any atom is 0.156 e. The molecule has 0 aromatic heterocycles. The third-order valence-corrected chi connectivity index (χ3v) is 4.30. The number of nitrogens with two attached hydrogens (primary N) is 1. The summed E-state index contributed by atoms with van der Waals surface area (Å²) in [6.45, 7) is 3.80. The van der Waals surface area contributed by atoms with Gasteiger partial charge in [-0.3, -0.25) is 0 Å². The van der Waals surface area contributed by atoms with Crippen molar-refractivity contribution in [3.05, 3.63) is 0 Å². The zero-order chi connectivity index (χ0) is 9.24. The van der Waals surface area contributed by atoms with Crippen LogP contribution in [0.5, 0.6) is 0 Å². The molecular weight excluding hydrogens is 176 g/mol. The Bertz CT molecular complexity index is 250. The van der Waals surface area contributed by atoms with Gasteiger partial charge in [-0.05, 0) is 6.92 Å². The second kappa shape index (κ2) is 3.32. The molecule has 1 atom stereocenters. The molecular formula is C7H18N2O2S+2. The lowest BCUT2D eigenvalue weighted by molar-refractivity contribution is -0.729. The van der Waals surface area contributed by atoms with Crippen molar-refractivity contribution in [1.82, 2.24) is 0 Å². The lowest BCUT2D eigenvalue weighted by Gasteiger charge is -2.18. The van der Waals surface area contributed by atoms with Crippen molar-refractivity contribution in [1.29, 1.82) is 0 Å². The van der Waals surface area contributed by atoms with Crippen LogP contribution in [0.3, 0.4) is 0 Å². The molecule has 0 amide bonds. The van der Waals surface area contributed by atoms with Crippen molar-refractivity contribution in [2.75, 3.05) is 24.6 Å². The van der Waals surface area contributed by atoms with Crippen molar-refractivity contribution < 1.29 is 19.5 Å². The van der Waals surface area contributed by atoms with Crippen LogP contribution >= 0.6 is 0 Å². The van der Waals surface area contributed by atoms with Gasteiger partial charge in [0.2, 0.25) is 0 Å². The Labute approximate surface area is 73.4 Å². The molecule has 0 radical (unpaired) electrons. The fourth-order valence-electron chi connectivity index (χ4n) is 1.65. The lowest BCUT2D eigenvalue weighted by atomic mass is 10.0. The zero-order valence-electron chi connectivity index (χ0n) is 7.54. The van der Waals surface area contributed by atoms with Gasteiger partial charge < -0.3 is 11.1 Å². The van der Waals surface area contributed by atoms with Crippen molar-refractivity contribution >= 4 is 9.84 Å². The molecule has 0 spiro atoms. The first kappa shape index (κ1) is 9.95. The van der Waals surface area contributed by atoms with Gasteiger partial charge in [-0.1, -0.05) is 0 Å². The molecule has 0 bridgehead atoms. The van der Waals surface area contributed by atoms with Crippen LogP contribution in [0.4, 0.5) is 0 Å². The molecule has 0 aromatic rings. The summed E-state index contributed by atoms with van der Waals surface area (Å²) < 4.78 is 22.3. The van der Waals surface area contributed by atoms with Crippen LogP contribution in [0, 0.1) is 0 Å². The Kier molecular flexibility index (Phi) is 2.75. The van der Waals surface area contributed by atoms with Crippen LogP contribution in [-0.2, 0) is 9.84 Å². The van der Waals surface area contributed by atoms with Crippen molar-refractivity contribution in [3.63, 3.8) is 0 Å². The maximum atomic E-state index is 11.2. The fourth-order valence-corrected chi connectivity index (χ4v) is 3.84. The molecule has 5 N–H and O–H groups in total. The average molecular weight is 194 g/mol. The number of quaternary nitrogens is 2. The Balaban J connectivity index is 2.53. The first-order valence-corrected chi connectivity index (χ1v) is 6.14. The Morgan fingerprint density at radius 3 is 2.67 bits per heavy atom. The van der Waals surface area contributed by atoms with Gasteiger partial charge >= 0.3 is 0 Å². The van der Waals surface area contributed by atoms with Crippen molar-refractivity contribution in [2.45, 2.75) is 18.9 Å². The summed E-state index contributed by atoms with van der Waals surface area (Å²) in [6, 6.07) is 0. The standard InChI is InChI=1S/C7H16N2O2S/c1-7(9-4-3-8)2-5-12(10,11)6-7/h9H,2-6,8H2,1H3/p+2. The van der Waals surface area contributed by atoms with Gasteiger partial charge in [0.15, 0.2) is 9.84 Å². The smallest absolute Gasteiger partial charge is 0.156 e. The van der Waals surface area contributed by atoms with E-state index in [1.165, 1.54) is 0 Å². The minimum atomic E-state index is -2.74. The van der Waals surface area contributed by atoms with E-state index < -0.39 is 9.84 Å². The van der Waals surface area contributed by atoms with Crippen LogP contribution in [0.25, 0.3) is 0 Å². The molecule has 1 unspecified atom stereocenters. The highest BCUT2D eigenvalue weighted by Gasteiger charge is 2.41. The third-order valence-electron chi connectivity index (χ3n) is 2.38. The summed E-state index contributed by atoms with van der Waals surface area (Å²) in [4.78, 5) is 0. The van der Waals surface area contributed by atoms with E-state index in [-0.39, 0.29) is 5.54 Å². The van der Waals surface area contributed by atoms with Crippen LogP contribution in [0.15, 0.2) is 0 Å². The molecule has 0 aliphatic carbocycles. The summed E-state index contributed by atoms with van der Waals surface area (Å²) in [6.07, 6.45) is 0.787. The van der Waals surface area contributed by atoms with E-state index in [0.717, 1.165) is 19.5 Å². The van der Waals surface area contributed by atoms with Gasteiger partial charge in [0.05, 0.1) is 5.75 Å². The molecule has 72 valence electrons. The first-order chi connectivity index (χ1) is 5.47. The van der Waals surface area contributed by atoms with E-state index in [1.807, 2.05) is 6.92 Å². The van der Waals surface area contributed by atoms with Crippen LogP contribution in [-0.4, -0.2) is 38.6 Å². The van der Waals surface area contributed by atoms with Crippen LogP contribution in [0.2, 0.25) is 0 Å². The largest absolute Gasteiger partial charge is 0.353 e. The SMILES string of the molecule is CC1([NH2+]CC[NH3+])CCS(=O)(=O)C1. The van der Waals surface area contributed by atoms with E-state index in [2.05, 4.69) is 11.1 Å². The molecule has 1 heterocycles. The number of sulfone groups is 1. The molecule has 4 nitrogen and oxygen atoms in total. The van der Waals surface area contributed by atoms with E-state index in [9.17, 15) is 8.42 Å². The highest BCUT2D eigenvalue weighted by Crippen LogP contribution is 2.18. The van der Waals surface area contributed by atoms with Gasteiger partial charge in [0.25, 0.3) is 0 Å². The van der Waals surface area contributed by atoms with E-state index in [0.29, 0.717) is 11.5 Å². The topological polar surface area (TPSA) is 78.4 Å². The number of hydrogen-bond acceptors (Lipinski definition) is 2. The molecule has 0 saturated carbocycles. The van der Waals surface area contributed by atoms with Crippen LogP contribution < -0.4 is 11.1 Å². The molecule has 1 saturated heterocycles. The van der Waals surface area contributed by atoms with Gasteiger partial charge in [-0.2, -0.15) is 0 Å². The van der Waals surface area contributed by atoms with Crippen molar-refractivity contribution in [3.8, 4) is 0 Å². The summed E-state index contributed by atoms with van der Waals surface area (Å²) in [5.41, 5.74) is 3.66. The molecule has 1 aliphatic rings. The summed E-state index contributed by atoms with van der Waals surface area (Å²) in [7, 11) is -2.74. The average Bonchev–Trinajstić information content (AvgIpc) is 2.23. The van der Waals surface area contributed by atoms with Gasteiger partial charge in [0.1, 0.15) is 24.4 Å². The summed E-state index contributed by atoms with van der Waals surface area (Å²) in [5, 5.41) is 2.12. The Morgan fingerprint density at radius 1 is 1.58 bits per heavy atom. The predicted molar refractivity (Wildman–Crippen MR) is 46.2 cm³/mol.